The van der Waals surface area contributed by atoms with E-state index in [0.29, 0.717) is 25.4 Å². The zero-order valence-electron chi connectivity index (χ0n) is 12.7. The topological polar surface area (TPSA) is 49.4 Å². The minimum absolute atomic E-state index is 0.00263. The van der Waals surface area contributed by atoms with E-state index in [1.165, 1.54) is 11.1 Å². The number of amides is 2. The summed E-state index contributed by atoms with van der Waals surface area (Å²) in [6.45, 7) is 5.28. The Bertz CT molecular complexity index is 578. The summed E-state index contributed by atoms with van der Waals surface area (Å²) in [5.74, 6) is 0.436. The van der Waals surface area contributed by atoms with Crippen LogP contribution in [0, 0.1) is 19.8 Å². The second-order valence-electron chi connectivity index (χ2n) is 6.31. The van der Waals surface area contributed by atoms with Gasteiger partial charge in [0.05, 0.1) is 0 Å². The maximum atomic E-state index is 12.6. The Balaban J connectivity index is 1.77. The Hall–Kier alpha value is -1.84. The highest BCUT2D eigenvalue weighted by Crippen LogP contribution is 2.34. The van der Waals surface area contributed by atoms with E-state index in [-0.39, 0.29) is 17.9 Å². The third-order valence-electron chi connectivity index (χ3n) is 4.54. The zero-order valence-corrected chi connectivity index (χ0v) is 12.7. The molecule has 0 radical (unpaired) electrons. The quantitative estimate of drug-likeness (QED) is 0.923. The predicted molar refractivity (Wildman–Crippen MR) is 80.6 cm³/mol. The van der Waals surface area contributed by atoms with Gasteiger partial charge in [0.25, 0.3) is 0 Å². The molecule has 4 nitrogen and oxygen atoms in total. The molecule has 1 aliphatic carbocycles. The summed E-state index contributed by atoms with van der Waals surface area (Å²) < 4.78 is 0. The van der Waals surface area contributed by atoms with E-state index >= 15 is 0 Å². The molecule has 1 unspecified atom stereocenters. The molecule has 3 rings (SSSR count). The van der Waals surface area contributed by atoms with Crippen LogP contribution in [0.4, 0.5) is 0 Å². The smallest absolute Gasteiger partial charge is 0.245 e. The molecule has 1 aromatic rings. The van der Waals surface area contributed by atoms with Crippen molar-refractivity contribution in [1.29, 1.82) is 0 Å². The van der Waals surface area contributed by atoms with Gasteiger partial charge in [0, 0.05) is 19.5 Å². The molecule has 4 heteroatoms. The minimum atomic E-state index is -0.299. The average molecular weight is 286 g/mol. The second kappa shape index (κ2) is 5.51. The van der Waals surface area contributed by atoms with Gasteiger partial charge in [-0.05, 0) is 49.3 Å². The average Bonchev–Trinajstić information content (AvgIpc) is 3.28. The summed E-state index contributed by atoms with van der Waals surface area (Å²) in [7, 11) is 0. The molecule has 0 spiro atoms. The Morgan fingerprint density at radius 2 is 1.95 bits per heavy atom. The Morgan fingerprint density at radius 3 is 2.62 bits per heavy atom. The van der Waals surface area contributed by atoms with Crippen molar-refractivity contribution in [1.82, 2.24) is 10.2 Å². The summed E-state index contributed by atoms with van der Waals surface area (Å²) in [4.78, 5) is 26.3. The predicted octanol–water partition coefficient (Wildman–Crippen LogP) is 1.93. The number of hydrogen-bond donors (Lipinski definition) is 1. The lowest BCUT2D eigenvalue weighted by molar-refractivity contribution is -0.134. The van der Waals surface area contributed by atoms with Gasteiger partial charge in [-0.25, -0.2) is 0 Å². The maximum absolute atomic E-state index is 12.6. The van der Waals surface area contributed by atoms with Gasteiger partial charge in [-0.1, -0.05) is 18.2 Å². The van der Waals surface area contributed by atoms with Crippen molar-refractivity contribution in [2.75, 3.05) is 6.54 Å². The van der Waals surface area contributed by atoms with Crippen LogP contribution >= 0.6 is 0 Å². The second-order valence-corrected chi connectivity index (χ2v) is 6.31. The summed E-state index contributed by atoms with van der Waals surface area (Å²) >= 11 is 0. The number of hydrogen-bond acceptors (Lipinski definition) is 2. The summed E-state index contributed by atoms with van der Waals surface area (Å²) in [5, 5.41) is 2.90. The molecule has 2 aliphatic rings. The molecular formula is C17H22N2O2. The van der Waals surface area contributed by atoms with Crippen molar-refractivity contribution in [3.8, 4) is 0 Å². The highest BCUT2D eigenvalue weighted by molar-refractivity contribution is 5.90. The number of benzene rings is 1. The minimum Gasteiger partial charge on any atom is -0.344 e. The van der Waals surface area contributed by atoms with E-state index < -0.39 is 0 Å². The normalized spacial score (nSPS) is 23.0. The summed E-state index contributed by atoms with van der Waals surface area (Å²) in [5.41, 5.74) is 3.63. The van der Waals surface area contributed by atoms with E-state index in [1.54, 1.807) is 0 Å². The standard InChI is InChI=1S/C17H22N2O2/c1-11-3-4-13(9-12(11)2)10-19-8-7-15(20)18-16(17(19)21)14-5-6-14/h3-4,9,14,16H,5-8,10H2,1-2H3,(H,18,20). The third-order valence-corrected chi connectivity index (χ3v) is 4.54. The Morgan fingerprint density at radius 1 is 1.19 bits per heavy atom. The number of rotatable bonds is 3. The Labute approximate surface area is 125 Å². The van der Waals surface area contributed by atoms with Crippen molar-refractivity contribution in [2.45, 2.75) is 45.7 Å². The molecule has 1 aliphatic heterocycles. The molecule has 1 heterocycles. The van der Waals surface area contributed by atoms with Gasteiger partial charge in [0.15, 0.2) is 0 Å². The number of carbonyl (C=O) groups is 2. The van der Waals surface area contributed by atoms with Crippen molar-refractivity contribution in [3.63, 3.8) is 0 Å². The molecule has 21 heavy (non-hydrogen) atoms. The van der Waals surface area contributed by atoms with Gasteiger partial charge in [-0.15, -0.1) is 0 Å². The number of carbonyl (C=O) groups excluding carboxylic acids is 2. The highest BCUT2D eigenvalue weighted by Gasteiger charge is 2.40. The summed E-state index contributed by atoms with van der Waals surface area (Å²) in [6.07, 6.45) is 2.50. The van der Waals surface area contributed by atoms with E-state index in [0.717, 1.165) is 18.4 Å². The van der Waals surface area contributed by atoms with Crippen LogP contribution in [-0.4, -0.2) is 29.3 Å². The lowest BCUT2D eigenvalue weighted by atomic mass is 10.1. The van der Waals surface area contributed by atoms with Crippen LogP contribution in [0.25, 0.3) is 0 Å². The van der Waals surface area contributed by atoms with E-state index in [9.17, 15) is 9.59 Å². The highest BCUT2D eigenvalue weighted by atomic mass is 16.2. The maximum Gasteiger partial charge on any atom is 0.245 e. The first-order chi connectivity index (χ1) is 10.0. The zero-order chi connectivity index (χ0) is 15.0. The fourth-order valence-corrected chi connectivity index (χ4v) is 2.88. The van der Waals surface area contributed by atoms with Gasteiger partial charge in [0.1, 0.15) is 6.04 Å². The van der Waals surface area contributed by atoms with Crippen LogP contribution < -0.4 is 5.32 Å². The molecule has 2 amide bonds. The van der Waals surface area contributed by atoms with E-state index in [4.69, 9.17) is 0 Å². The van der Waals surface area contributed by atoms with Gasteiger partial charge < -0.3 is 10.2 Å². The molecule has 112 valence electrons. The third kappa shape index (κ3) is 3.09. The van der Waals surface area contributed by atoms with Crippen molar-refractivity contribution >= 4 is 11.8 Å². The van der Waals surface area contributed by atoms with Gasteiger partial charge >= 0.3 is 0 Å². The van der Waals surface area contributed by atoms with Crippen molar-refractivity contribution in [3.05, 3.63) is 34.9 Å². The lowest BCUT2D eigenvalue weighted by Crippen LogP contribution is -2.45. The lowest BCUT2D eigenvalue weighted by Gasteiger charge is -2.24. The monoisotopic (exact) mass is 286 g/mol. The first kappa shape index (κ1) is 14.1. The first-order valence-corrected chi connectivity index (χ1v) is 7.69. The van der Waals surface area contributed by atoms with Crippen LogP contribution in [0.1, 0.15) is 36.0 Å². The molecule has 0 aromatic heterocycles. The van der Waals surface area contributed by atoms with Crippen LogP contribution in [0.5, 0.6) is 0 Å². The van der Waals surface area contributed by atoms with Gasteiger partial charge in [0.2, 0.25) is 11.8 Å². The van der Waals surface area contributed by atoms with Gasteiger partial charge in [-0.2, -0.15) is 0 Å². The van der Waals surface area contributed by atoms with Crippen LogP contribution in [0.3, 0.4) is 0 Å². The van der Waals surface area contributed by atoms with Gasteiger partial charge in [-0.3, -0.25) is 9.59 Å². The van der Waals surface area contributed by atoms with E-state index in [2.05, 4.69) is 37.4 Å². The largest absolute Gasteiger partial charge is 0.344 e. The number of nitrogens with zero attached hydrogens (tertiary/aromatic N) is 1. The fraction of sp³-hybridized carbons (Fsp3) is 0.529. The summed E-state index contributed by atoms with van der Waals surface area (Å²) in [6, 6.07) is 6.00. The Kier molecular flexibility index (Phi) is 3.70. The van der Waals surface area contributed by atoms with Crippen LogP contribution in [-0.2, 0) is 16.1 Å². The molecular weight excluding hydrogens is 264 g/mol. The molecule has 1 saturated heterocycles. The molecule has 1 N–H and O–H groups in total. The molecule has 0 bridgehead atoms. The number of nitrogens with one attached hydrogen (secondary N) is 1. The first-order valence-electron chi connectivity index (χ1n) is 7.69. The van der Waals surface area contributed by atoms with Crippen molar-refractivity contribution in [2.24, 2.45) is 5.92 Å². The molecule has 2 fully saturated rings. The number of aryl methyl sites for hydroxylation is 2. The SMILES string of the molecule is Cc1ccc(CN2CCC(=O)NC(C3CC3)C2=O)cc1C. The van der Waals surface area contributed by atoms with Crippen LogP contribution in [0.2, 0.25) is 0 Å². The van der Waals surface area contributed by atoms with E-state index in [1.807, 2.05) is 4.90 Å². The molecule has 1 saturated carbocycles. The van der Waals surface area contributed by atoms with Crippen molar-refractivity contribution < 1.29 is 9.59 Å². The fourth-order valence-electron chi connectivity index (χ4n) is 2.88. The molecule has 1 atom stereocenters. The molecule has 1 aromatic carbocycles. The van der Waals surface area contributed by atoms with Crippen LogP contribution in [0.15, 0.2) is 18.2 Å².